The third kappa shape index (κ3) is 5.05. The number of unbranched alkanes of at least 4 members (excludes halogenated alkanes) is 1. The first kappa shape index (κ1) is 17.4. The Morgan fingerprint density at radius 2 is 2.05 bits per heavy atom. The fraction of sp³-hybridized carbons (Fsp3) is 0.625. The molecule has 1 saturated heterocycles. The molecule has 2 rings (SSSR count). The maximum atomic E-state index is 12.3. The van der Waals surface area contributed by atoms with Crippen molar-refractivity contribution in [1.82, 2.24) is 13.9 Å². The molecule has 124 valence electrons. The van der Waals surface area contributed by atoms with Crippen molar-refractivity contribution in [1.29, 1.82) is 0 Å². The summed E-state index contributed by atoms with van der Waals surface area (Å²) >= 11 is 0. The van der Waals surface area contributed by atoms with Gasteiger partial charge in [0.25, 0.3) is 10.2 Å². The van der Waals surface area contributed by atoms with Gasteiger partial charge in [-0.3, -0.25) is 4.90 Å². The molecule has 1 heterocycles. The van der Waals surface area contributed by atoms with Crippen LogP contribution in [0.1, 0.15) is 31.7 Å². The van der Waals surface area contributed by atoms with Crippen molar-refractivity contribution >= 4 is 10.2 Å². The average molecular weight is 325 g/mol. The number of benzene rings is 1. The minimum Gasteiger partial charge on any atom is -0.297 e. The van der Waals surface area contributed by atoms with Crippen LogP contribution < -0.4 is 4.72 Å². The molecule has 1 atom stereocenters. The van der Waals surface area contributed by atoms with Gasteiger partial charge >= 0.3 is 0 Å². The number of hydrogen-bond donors (Lipinski definition) is 1. The smallest absolute Gasteiger partial charge is 0.279 e. The fourth-order valence-electron chi connectivity index (χ4n) is 2.72. The summed E-state index contributed by atoms with van der Waals surface area (Å²) in [5, 5.41) is 0. The van der Waals surface area contributed by atoms with Gasteiger partial charge in [-0.2, -0.15) is 17.4 Å². The summed E-state index contributed by atoms with van der Waals surface area (Å²) in [5.74, 6) is 0. The topological polar surface area (TPSA) is 52.7 Å². The van der Waals surface area contributed by atoms with Crippen LogP contribution >= 0.6 is 0 Å². The van der Waals surface area contributed by atoms with Crippen LogP contribution in [0.4, 0.5) is 0 Å². The first-order chi connectivity index (χ1) is 10.5. The second-order valence-corrected chi connectivity index (χ2v) is 7.81. The lowest BCUT2D eigenvalue weighted by Crippen LogP contribution is -2.45. The quantitative estimate of drug-likeness (QED) is 0.793. The SMILES string of the molecule is CCCCN(C)S(=O)(=O)N[C@@H]1CCN(Cc2ccccc2)C1. The van der Waals surface area contributed by atoms with E-state index in [1.807, 2.05) is 18.2 Å². The van der Waals surface area contributed by atoms with Crippen molar-refractivity contribution in [3.8, 4) is 0 Å². The predicted molar refractivity (Wildman–Crippen MR) is 89.7 cm³/mol. The molecule has 0 unspecified atom stereocenters. The first-order valence-corrected chi connectivity index (χ1v) is 9.45. The lowest BCUT2D eigenvalue weighted by Gasteiger charge is -2.21. The van der Waals surface area contributed by atoms with Gasteiger partial charge in [0.05, 0.1) is 0 Å². The molecule has 1 aliphatic heterocycles. The summed E-state index contributed by atoms with van der Waals surface area (Å²) in [5.41, 5.74) is 1.27. The highest BCUT2D eigenvalue weighted by Gasteiger charge is 2.28. The number of nitrogens with zero attached hydrogens (tertiary/aromatic N) is 2. The molecule has 1 aromatic rings. The summed E-state index contributed by atoms with van der Waals surface area (Å²) < 4.78 is 28.8. The minimum atomic E-state index is -3.36. The van der Waals surface area contributed by atoms with Crippen molar-refractivity contribution in [3.63, 3.8) is 0 Å². The fourth-order valence-corrected chi connectivity index (χ4v) is 3.88. The highest BCUT2D eigenvalue weighted by Crippen LogP contribution is 2.14. The first-order valence-electron chi connectivity index (χ1n) is 8.01. The van der Waals surface area contributed by atoms with Crippen molar-refractivity contribution in [2.24, 2.45) is 0 Å². The zero-order valence-corrected chi connectivity index (χ0v) is 14.3. The molecule has 0 aromatic heterocycles. The van der Waals surface area contributed by atoms with Gasteiger partial charge in [0.15, 0.2) is 0 Å². The van der Waals surface area contributed by atoms with Crippen LogP contribution in [0.5, 0.6) is 0 Å². The molecule has 0 amide bonds. The molecule has 0 spiro atoms. The van der Waals surface area contributed by atoms with Crippen molar-refractivity contribution in [2.45, 2.75) is 38.8 Å². The molecule has 1 aliphatic rings. The van der Waals surface area contributed by atoms with Crippen LogP contribution in [0, 0.1) is 0 Å². The lowest BCUT2D eigenvalue weighted by molar-refractivity contribution is 0.323. The number of hydrogen-bond acceptors (Lipinski definition) is 3. The standard InChI is InChI=1S/C16H27N3O2S/c1-3-4-11-18(2)22(20,21)17-16-10-12-19(14-16)13-15-8-6-5-7-9-15/h5-9,16-17H,3-4,10-14H2,1-2H3/t16-/m1/s1. The molecule has 6 heteroatoms. The van der Waals surface area contributed by atoms with Crippen LogP contribution in [0.15, 0.2) is 30.3 Å². The molecular formula is C16H27N3O2S. The normalized spacial score (nSPS) is 19.9. The zero-order chi connectivity index (χ0) is 16.0. The largest absolute Gasteiger partial charge is 0.297 e. The van der Waals surface area contributed by atoms with E-state index < -0.39 is 10.2 Å². The third-order valence-corrected chi connectivity index (χ3v) is 5.71. The molecule has 1 aromatic carbocycles. The van der Waals surface area contributed by atoms with Crippen molar-refractivity contribution < 1.29 is 8.42 Å². The van der Waals surface area contributed by atoms with Gasteiger partial charge in [-0.15, -0.1) is 0 Å². The molecule has 0 bridgehead atoms. The summed E-state index contributed by atoms with van der Waals surface area (Å²) in [6.07, 6.45) is 2.75. The Balaban J connectivity index is 1.83. The van der Waals surface area contributed by atoms with Gasteiger partial charge in [-0.25, -0.2) is 0 Å². The van der Waals surface area contributed by atoms with E-state index in [0.29, 0.717) is 6.54 Å². The number of likely N-dealkylation sites (tertiary alicyclic amines) is 1. The maximum absolute atomic E-state index is 12.3. The maximum Gasteiger partial charge on any atom is 0.279 e. The summed E-state index contributed by atoms with van der Waals surface area (Å²) in [7, 11) is -1.71. The Hall–Kier alpha value is -0.950. The molecule has 5 nitrogen and oxygen atoms in total. The highest BCUT2D eigenvalue weighted by molar-refractivity contribution is 7.87. The second kappa shape index (κ2) is 8.06. The van der Waals surface area contributed by atoms with Gasteiger partial charge in [-0.1, -0.05) is 43.7 Å². The second-order valence-electron chi connectivity index (χ2n) is 6.00. The van der Waals surface area contributed by atoms with E-state index in [1.54, 1.807) is 7.05 Å². The Labute approximate surface area is 134 Å². The molecule has 0 aliphatic carbocycles. The zero-order valence-electron chi connectivity index (χ0n) is 13.5. The minimum absolute atomic E-state index is 0.0118. The Kier molecular flexibility index (Phi) is 6.37. The van der Waals surface area contributed by atoms with Crippen LogP contribution in [0.2, 0.25) is 0 Å². The van der Waals surface area contributed by atoms with Crippen LogP contribution in [0.25, 0.3) is 0 Å². The third-order valence-electron chi connectivity index (χ3n) is 4.07. The van der Waals surface area contributed by atoms with Gasteiger partial charge < -0.3 is 0 Å². The van der Waals surface area contributed by atoms with Crippen LogP contribution in [-0.2, 0) is 16.8 Å². The number of rotatable bonds is 8. The van der Waals surface area contributed by atoms with Gasteiger partial charge in [0.1, 0.15) is 0 Å². The van der Waals surface area contributed by atoms with Gasteiger partial charge in [0.2, 0.25) is 0 Å². The summed E-state index contributed by atoms with van der Waals surface area (Å²) in [6.45, 7) is 5.22. The van der Waals surface area contributed by atoms with Crippen molar-refractivity contribution in [3.05, 3.63) is 35.9 Å². The molecule has 22 heavy (non-hydrogen) atoms. The Bertz CT molecular complexity index is 548. The molecule has 1 N–H and O–H groups in total. The predicted octanol–water partition coefficient (Wildman–Crippen LogP) is 1.83. The molecule has 0 saturated carbocycles. The van der Waals surface area contributed by atoms with Crippen molar-refractivity contribution in [2.75, 3.05) is 26.7 Å². The molecular weight excluding hydrogens is 298 g/mol. The monoisotopic (exact) mass is 325 g/mol. The van der Waals surface area contributed by atoms with E-state index >= 15 is 0 Å². The van der Waals surface area contributed by atoms with E-state index in [9.17, 15) is 8.42 Å². The Morgan fingerprint density at radius 3 is 2.73 bits per heavy atom. The van der Waals surface area contributed by atoms with E-state index in [1.165, 1.54) is 9.87 Å². The van der Waals surface area contributed by atoms with E-state index in [2.05, 4.69) is 28.7 Å². The number of nitrogens with one attached hydrogen (secondary N) is 1. The van der Waals surface area contributed by atoms with Crippen LogP contribution in [0.3, 0.4) is 0 Å². The molecule has 1 fully saturated rings. The van der Waals surface area contributed by atoms with Crippen LogP contribution in [-0.4, -0.2) is 50.3 Å². The van der Waals surface area contributed by atoms with E-state index in [-0.39, 0.29) is 6.04 Å². The van der Waals surface area contributed by atoms with E-state index in [4.69, 9.17) is 0 Å². The summed E-state index contributed by atoms with van der Waals surface area (Å²) in [4.78, 5) is 2.30. The summed E-state index contributed by atoms with van der Waals surface area (Å²) in [6, 6.07) is 10.3. The van der Waals surface area contributed by atoms with Gasteiger partial charge in [0, 0.05) is 39.3 Å². The Morgan fingerprint density at radius 1 is 1.32 bits per heavy atom. The molecule has 0 radical (unpaired) electrons. The van der Waals surface area contributed by atoms with E-state index in [0.717, 1.165) is 38.9 Å². The van der Waals surface area contributed by atoms with Gasteiger partial charge in [-0.05, 0) is 18.4 Å². The highest BCUT2D eigenvalue weighted by atomic mass is 32.2. The average Bonchev–Trinajstić information content (AvgIpc) is 2.92. The lowest BCUT2D eigenvalue weighted by atomic mass is 10.2.